The summed E-state index contributed by atoms with van der Waals surface area (Å²) in [6.45, 7) is 3.06. The van der Waals surface area contributed by atoms with Crippen LogP contribution in [0.15, 0.2) is 27.8 Å². The van der Waals surface area contributed by atoms with Crippen molar-refractivity contribution in [2.75, 3.05) is 12.0 Å². The second kappa shape index (κ2) is 6.54. The van der Waals surface area contributed by atoms with Gasteiger partial charge in [-0.3, -0.25) is 14.5 Å². The van der Waals surface area contributed by atoms with Gasteiger partial charge in [0, 0.05) is 37.7 Å². The number of methoxy groups -OCH3 is 1. The molecule has 1 fully saturated rings. The fourth-order valence-corrected chi connectivity index (χ4v) is 3.60. The third kappa shape index (κ3) is 2.74. The van der Waals surface area contributed by atoms with E-state index in [1.165, 1.54) is 42.7 Å². The van der Waals surface area contributed by atoms with Gasteiger partial charge in [0.05, 0.1) is 18.5 Å². The lowest BCUT2D eigenvalue weighted by Crippen LogP contribution is -2.54. The molecule has 2 heterocycles. The molecule has 2 aliphatic rings. The van der Waals surface area contributed by atoms with Gasteiger partial charge in [0.1, 0.15) is 11.8 Å². The number of halogens is 1. The first kappa shape index (κ1) is 19.9. The Kier molecular flexibility index (Phi) is 4.33. The quantitative estimate of drug-likeness (QED) is 0.685. The maximum atomic E-state index is 15.0. The van der Waals surface area contributed by atoms with Gasteiger partial charge in [-0.2, -0.15) is 0 Å². The van der Waals surface area contributed by atoms with E-state index < -0.39 is 40.6 Å². The number of hydrogen-bond acceptors (Lipinski definition) is 6. The van der Waals surface area contributed by atoms with E-state index >= 15 is 0 Å². The number of hydrogen-bond donors (Lipinski definition) is 0. The summed E-state index contributed by atoms with van der Waals surface area (Å²) < 4.78 is 27.4. The van der Waals surface area contributed by atoms with Crippen LogP contribution in [-0.2, 0) is 21.4 Å². The average Bonchev–Trinajstić information content (AvgIpc) is 3.47. The van der Waals surface area contributed by atoms with E-state index in [0.717, 1.165) is 6.07 Å². The molecule has 1 spiro atoms. The average molecular weight is 417 g/mol. The predicted molar refractivity (Wildman–Crippen MR) is 104 cm³/mol. The second-order valence-electron chi connectivity index (χ2n) is 7.54. The van der Waals surface area contributed by atoms with E-state index in [2.05, 4.69) is 0 Å². The highest BCUT2D eigenvalue weighted by Gasteiger charge is 2.59. The molecule has 2 aromatic rings. The van der Waals surface area contributed by atoms with Gasteiger partial charge < -0.3 is 14.0 Å². The van der Waals surface area contributed by atoms with Gasteiger partial charge in [-0.1, -0.05) is 0 Å². The van der Waals surface area contributed by atoms with Crippen LogP contribution >= 0.6 is 0 Å². The van der Waals surface area contributed by atoms with Crippen molar-refractivity contribution in [1.29, 1.82) is 0 Å². The molecule has 1 aromatic carbocycles. The first-order valence-electron chi connectivity index (χ1n) is 9.35. The predicted octanol–water partition coefficient (Wildman–Crippen LogP) is 0.803. The van der Waals surface area contributed by atoms with E-state index in [-0.39, 0.29) is 17.1 Å². The summed E-state index contributed by atoms with van der Waals surface area (Å²) >= 11 is 0. The molecular weight excluding hydrogens is 397 g/mol. The normalized spacial score (nSPS) is 17.4. The standard InChI is InChI=1S/C20H20FN3O6/c1-10-7-16(25)24(19(28)22(10)3)13-9-14-15(8-12(13)21)30-20(5-6-20)18(27)23(14)11(2)17(26)29-4/h7-9,11H,5-6H2,1-4H3. The van der Waals surface area contributed by atoms with Gasteiger partial charge in [-0.15, -0.1) is 0 Å². The molecule has 1 aliphatic carbocycles. The van der Waals surface area contributed by atoms with Crippen molar-refractivity contribution in [2.24, 2.45) is 7.05 Å². The van der Waals surface area contributed by atoms with Crippen molar-refractivity contribution >= 4 is 17.6 Å². The maximum absolute atomic E-state index is 15.0. The number of carbonyl (C=O) groups excluding carboxylic acids is 2. The van der Waals surface area contributed by atoms with Crippen LogP contribution in [0.25, 0.3) is 5.69 Å². The zero-order valence-corrected chi connectivity index (χ0v) is 16.9. The van der Waals surface area contributed by atoms with Crippen LogP contribution in [0.5, 0.6) is 5.75 Å². The summed E-state index contributed by atoms with van der Waals surface area (Å²) in [5.74, 6) is -1.93. The van der Waals surface area contributed by atoms with Crippen molar-refractivity contribution in [2.45, 2.75) is 38.3 Å². The lowest BCUT2D eigenvalue weighted by molar-refractivity contribution is -0.144. The monoisotopic (exact) mass is 417 g/mol. The zero-order chi connectivity index (χ0) is 22.0. The highest BCUT2D eigenvalue weighted by molar-refractivity contribution is 6.08. The van der Waals surface area contributed by atoms with Crippen molar-refractivity contribution in [1.82, 2.24) is 9.13 Å². The van der Waals surface area contributed by atoms with Crippen LogP contribution < -0.4 is 20.9 Å². The number of esters is 1. The van der Waals surface area contributed by atoms with E-state index in [0.29, 0.717) is 23.1 Å². The summed E-state index contributed by atoms with van der Waals surface area (Å²) in [6, 6.07) is 2.39. The third-order valence-corrected chi connectivity index (χ3v) is 5.64. The number of carbonyl (C=O) groups is 2. The SMILES string of the molecule is COC(=O)C(C)N1C(=O)C2(CC2)Oc2cc(F)c(-n3c(=O)cc(C)n(C)c3=O)cc21. The summed E-state index contributed by atoms with van der Waals surface area (Å²) in [5.41, 5.74) is -2.43. The number of amides is 1. The van der Waals surface area contributed by atoms with Crippen LogP contribution in [0, 0.1) is 12.7 Å². The Labute approximate surface area is 170 Å². The number of nitrogens with zero attached hydrogens (tertiary/aromatic N) is 3. The van der Waals surface area contributed by atoms with E-state index in [1.54, 1.807) is 6.92 Å². The first-order chi connectivity index (χ1) is 14.1. The molecule has 1 saturated carbocycles. The minimum Gasteiger partial charge on any atom is -0.475 e. The fraction of sp³-hybridized carbons (Fsp3) is 0.400. The molecule has 0 bridgehead atoms. The molecule has 1 atom stereocenters. The fourth-order valence-electron chi connectivity index (χ4n) is 3.60. The van der Waals surface area contributed by atoms with Crippen molar-refractivity contribution in [3.8, 4) is 11.4 Å². The van der Waals surface area contributed by atoms with Crippen molar-refractivity contribution < 1.29 is 23.5 Å². The molecular formula is C20H20FN3O6. The second-order valence-corrected chi connectivity index (χ2v) is 7.54. The van der Waals surface area contributed by atoms with Crippen molar-refractivity contribution in [3.63, 3.8) is 0 Å². The van der Waals surface area contributed by atoms with Crippen LogP contribution in [-0.4, -0.2) is 39.8 Å². The van der Waals surface area contributed by atoms with Crippen molar-refractivity contribution in [3.05, 3.63) is 50.5 Å². The highest BCUT2D eigenvalue weighted by atomic mass is 19.1. The van der Waals surface area contributed by atoms with Gasteiger partial charge >= 0.3 is 11.7 Å². The van der Waals surface area contributed by atoms with Crippen LogP contribution in [0.4, 0.5) is 10.1 Å². The molecule has 9 nitrogen and oxygen atoms in total. The summed E-state index contributed by atoms with van der Waals surface area (Å²) in [6.07, 6.45) is 0.883. The number of fused-ring (bicyclic) bond motifs is 1. The molecule has 0 radical (unpaired) electrons. The largest absolute Gasteiger partial charge is 0.475 e. The van der Waals surface area contributed by atoms with Gasteiger partial charge in [0.15, 0.2) is 11.4 Å². The van der Waals surface area contributed by atoms with Crippen LogP contribution in [0.1, 0.15) is 25.5 Å². The Hall–Kier alpha value is -3.43. The number of anilines is 1. The van der Waals surface area contributed by atoms with Gasteiger partial charge in [0.25, 0.3) is 11.5 Å². The van der Waals surface area contributed by atoms with Gasteiger partial charge in [-0.05, 0) is 19.9 Å². The smallest absolute Gasteiger partial charge is 0.335 e. The number of ether oxygens (including phenoxy) is 2. The lowest BCUT2D eigenvalue weighted by Gasteiger charge is -2.37. The van der Waals surface area contributed by atoms with Crippen LogP contribution in [0.2, 0.25) is 0 Å². The van der Waals surface area contributed by atoms with E-state index in [1.807, 2.05) is 0 Å². The zero-order valence-electron chi connectivity index (χ0n) is 16.9. The molecule has 158 valence electrons. The number of rotatable bonds is 3. The van der Waals surface area contributed by atoms with Crippen LogP contribution in [0.3, 0.4) is 0 Å². The lowest BCUT2D eigenvalue weighted by atomic mass is 10.1. The molecule has 1 amide bonds. The molecule has 0 N–H and O–H groups in total. The molecule has 1 aliphatic heterocycles. The Morgan fingerprint density at radius 2 is 1.87 bits per heavy atom. The molecule has 1 aromatic heterocycles. The van der Waals surface area contributed by atoms with E-state index in [4.69, 9.17) is 9.47 Å². The maximum Gasteiger partial charge on any atom is 0.335 e. The van der Waals surface area contributed by atoms with Gasteiger partial charge in [0.2, 0.25) is 0 Å². The third-order valence-electron chi connectivity index (χ3n) is 5.64. The first-order valence-corrected chi connectivity index (χ1v) is 9.35. The Bertz CT molecular complexity index is 1210. The topological polar surface area (TPSA) is 99.8 Å². The Morgan fingerprint density at radius 3 is 2.47 bits per heavy atom. The molecule has 0 saturated heterocycles. The minimum atomic E-state index is -1.12. The number of benzene rings is 1. The molecule has 4 rings (SSSR count). The molecule has 1 unspecified atom stereocenters. The Morgan fingerprint density at radius 1 is 1.20 bits per heavy atom. The Balaban J connectivity index is 1.96. The van der Waals surface area contributed by atoms with Gasteiger partial charge in [-0.25, -0.2) is 18.5 Å². The molecule has 30 heavy (non-hydrogen) atoms. The van der Waals surface area contributed by atoms with E-state index in [9.17, 15) is 23.6 Å². The summed E-state index contributed by atoms with van der Waals surface area (Å²) in [7, 11) is 2.66. The highest BCUT2D eigenvalue weighted by Crippen LogP contribution is 2.50. The number of aromatic nitrogens is 2. The summed E-state index contributed by atoms with van der Waals surface area (Å²) in [4.78, 5) is 51.5. The number of aryl methyl sites for hydroxylation is 1. The minimum absolute atomic E-state index is 0.0566. The summed E-state index contributed by atoms with van der Waals surface area (Å²) in [5, 5.41) is 0. The molecule has 10 heteroatoms.